The summed E-state index contributed by atoms with van der Waals surface area (Å²) in [7, 11) is 0. The molecule has 5 heteroatoms. The second-order valence-corrected chi connectivity index (χ2v) is 3.99. The van der Waals surface area contributed by atoms with Gasteiger partial charge in [0.1, 0.15) is 0 Å². The number of aliphatic hydroxyl groups is 1. The molecule has 0 amide bonds. The summed E-state index contributed by atoms with van der Waals surface area (Å²) in [6, 6.07) is 6.58. The zero-order chi connectivity index (χ0) is 12.8. The van der Waals surface area contributed by atoms with Gasteiger partial charge in [-0.3, -0.25) is 0 Å². The van der Waals surface area contributed by atoms with Crippen LogP contribution in [0.2, 0.25) is 0 Å². The highest BCUT2D eigenvalue weighted by Crippen LogP contribution is 2.18. The predicted molar refractivity (Wildman–Crippen MR) is 62.8 cm³/mol. The molecule has 1 rings (SSSR count). The Bertz CT molecular complexity index is 454. The first-order chi connectivity index (χ1) is 8.08. The summed E-state index contributed by atoms with van der Waals surface area (Å²) < 4.78 is 0. The maximum atomic E-state index is 10.7. The van der Waals surface area contributed by atoms with E-state index in [-0.39, 0.29) is 5.56 Å². The molecule has 0 aliphatic rings. The van der Waals surface area contributed by atoms with Crippen LogP contribution in [-0.4, -0.2) is 22.1 Å². The summed E-state index contributed by atoms with van der Waals surface area (Å²) in [6.07, 6.45) is -0.213. The molecule has 0 aromatic heterocycles. The molecule has 0 radical (unpaired) electrons. The van der Waals surface area contributed by atoms with Gasteiger partial charge in [-0.25, -0.2) is 4.79 Å². The minimum Gasteiger partial charge on any atom is -0.479 e. The van der Waals surface area contributed by atoms with E-state index in [0.29, 0.717) is 17.9 Å². The summed E-state index contributed by atoms with van der Waals surface area (Å²) in [5.41, 5.74) is 1.37. The molecular weight excluding hydrogens is 242 g/mol. The SMILES string of the molecule is N#Cc1cc(CCCCl)cc(C(O)C(=O)O)c1. The molecule has 0 saturated carbocycles. The number of nitrogens with zero attached hydrogens (tertiary/aromatic N) is 1. The molecule has 2 N–H and O–H groups in total. The van der Waals surface area contributed by atoms with Gasteiger partial charge >= 0.3 is 5.97 Å². The second-order valence-electron chi connectivity index (χ2n) is 3.61. The molecule has 0 saturated heterocycles. The van der Waals surface area contributed by atoms with E-state index in [1.54, 1.807) is 12.1 Å². The molecule has 0 spiro atoms. The molecule has 4 nitrogen and oxygen atoms in total. The monoisotopic (exact) mass is 253 g/mol. The Morgan fingerprint density at radius 3 is 2.71 bits per heavy atom. The van der Waals surface area contributed by atoms with Crippen molar-refractivity contribution in [2.24, 2.45) is 0 Å². The third-order valence-corrected chi connectivity index (χ3v) is 2.56. The first-order valence-corrected chi connectivity index (χ1v) is 5.62. The maximum Gasteiger partial charge on any atom is 0.337 e. The minimum atomic E-state index is -1.60. The average Bonchev–Trinajstić information content (AvgIpc) is 2.34. The summed E-state index contributed by atoms with van der Waals surface area (Å²) in [4.78, 5) is 10.7. The van der Waals surface area contributed by atoms with Crippen LogP contribution in [0.1, 0.15) is 29.2 Å². The van der Waals surface area contributed by atoms with Crippen molar-refractivity contribution >= 4 is 17.6 Å². The van der Waals surface area contributed by atoms with Gasteiger partial charge in [0, 0.05) is 5.88 Å². The zero-order valence-corrected chi connectivity index (χ0v) is 9.81. The fourth-order valence-electron chi connectivity index (χ4n) is 1.50. The quantitative estimate of drug-likeness (QED) is 0.785. The van der Waals surface area contributed by atoms with Gasteiger partial charge in [0.25, 0.3) is 0 Å². The second kappa shape index (κ2) is 6.24. The highest BCUT2D eigenvalue weighted by atomic mass is 35.5. The normalized spacial score (nSPS) is 11.8. The molecule has 0 bridgehead atoms. The Labute approximate surface area is 104 Å². The van der Waals surface area contributed by atoms with E-state index < -0.39 is 12.1 Å². The number of carboxylic acids is 1. The summed E-state index contributed by atoms with van der Waals surface area (Å²) in [5, 5.41) is 27.0. The molecule has 1 aromatic rings. The van der Waals surface area contributed by atoms with Crippen LogP contribution < -0.4 is 0 Å². The lowest BCUT2D eigenvalue weighted by molar-refractivity contribution is -0.146. The molecule has 90 valence electrons. The number of alkyl halides is 1. The van der Waals surface area contributed by atoms with Crippen LogP contribution in [0.3, 0.4) is 0 Å². The van der Waals surface area contributed by atoms with E-state index in [2.05, 4.69) is 0 Å². The third-order valence-electron chi connectivity index (χ3n) is 2.29. The van der Waals surface area contributed by atoms with Gasteiger partial charge in [0.05, 0.1) is 11.6 Å². The average molecular weight is 254 g/mol. The van der Waals surface area contributed by atoms with E-state index in [9.17, 15) is 9.90 Å². The number of carboxylic acid groups (broad SMARTS) is 1. The number of hydrogen-bond donors (Lipinski definition) is 2. The number of carbonyl (C=O) groups is 1. The molecule has 0 aliphatic carbocycles. The van der Waals surface area contributed by atoms with Crippen LogP contribution in [0.15, 0.2) is 18.2 Å². The van der Waals surface area contributed by atoms with Crippen LogP contribution >= 0.6 is 11.6 Å². The molecule has 0 aliphatic heterocycles. The maximum absolute atomic E-state index is 10.7. The van der Waals surface area contributed by atoms with E-state index in [0.717, 1.165) is 12.0 Å². The molecule has 1 aromatic carbocycles. The first kappa shape index (κ1) is 13.5. The number of aliphatic hydroxyl groups excluding tert-OH is 1. The standard InChI is InChI=1S/C12H12ClNO3/c13-3-1-2-8-4-9(7-14)6-10(5-8)11(15)12(16)17/h4-6,11,15H,1-3H2,(H,16,17). The molecule has 0 fully saturated rings. The van der Waals surface area contributed by atoms with Crippen molar-refractivity contribution in [2.75, 3.05) is 5.88 Å². The fourth-order valence-corrected chi connectivity index (χ4v) is 1.63. The number of aliphatic carboxylic acids is 1. The molecular formula is C12H12ClNO3. The number of halogens is 1. The van der Waals surface area contributed by atoms with Crippen LogP contribution in [0.4, 0.5) is 0 Å². The molecule has 1 atom stereocenters. The van der Waals surface area contributed by atoms with Crippen molar-refractivity contribution in [3.8, 4) is 6.07 Å². The third kappa shape index (κ3) is 3.74. The number of nitriles is 1. The van der Waals surface area contributed by atoms with Crippen LogP contribution in [-0.2, 0) is 11.2 Å². The van der Waals surface area contributed by atoms with Crippen LogP contribution in [0.25, 0.3) is 0 Å². The van der Waals surface area contributed by atoms with E-state index in [4.69, 9.17) is 22.0 Å². The first-order valence-electron chi connectivity index (χ1n) is 5.09. The molecule has 0 heterocycles. The molecule has 1 unspecified atom stereocenters. The fraction of sp³-hybridized carbons (Fsp3) is 0.333. The summed E-state index contributed by atoms with van der Waals surface area (Å²) in [6.45, 7) is 0. The number of hydrogen-bond acceptors (Lipinski definition) is 3. The summed E-state index contributed by atoms with van der Waals surface area (Å²) in [5.74, 6) is -0.837. The largest absolute Gasteiger partial charge is 0.479 e. The Kier molecular flexibility index (Phi) is 4.95. The van der Waals surface area contributed by atoms with Crippen molar-refractivity contribution in [1.82, 2.24) is 0 Å². The Morgan fingerprint density at radius 1 is 1.47 bits per heavy atom. The van der Waals surface area contributed by atoms with Gasteiger partial charge in [-0.05, 0) is 36.1 Å². The van der Waals surface area contributed by atoms with E-state index in [1.165, 1.54) is 6.07 Å². The van der Waals surface area contributed by atoms with Gasteiger partial charge in [0.2, 0.25) is 0 Å². The highest BCUT2D eigenvalue weighted by Gasteiger charge is 2.17. The van der Waals surface area contributed by atoms with Crippen molar-refractivity contribution in [1.29, 1.82) is 5.26 Å². The van der Waals surface area contributed by atoms with Crippen LogP contribution in [0, 0.1) is 11.3 Å². The lowest BCUT2D eigenvalue weighted by Gasteiger charge is -2.09. The number of benzene rings is 1. The van der Waals surface area contributed by atoms with Crippen molar-refractivity contribution < 1.29 is 15.0 Å². The number of aryl methyl sites for hydroxylation is 1. The Morgan fingerprint density at radius 2 is 2.18 bits per heavy atom. The van der Waals surface area contributed by atoms with Crippen LogP contribution in [0.5, 0.6) is 0 Å². The van der Waals surface area contributed by atoms with Crippen molar-refractivity contribution in [3.63, 3.8) is 0 Å². The topological polar surface area (TPSA) is 81.3 Å². The van der Waals surface area contributed by atoms with Gasteiger partial charge in [0.15, 0.2) is 6.10 Å². The highest BCUT2D eigenvalue weighted by molar-refractivity contribution is 6.17. The Hall–Kier alpha value is -1.57. The lowest BCUT2D eigenvalue weighted by Crippen LogP contribution is -2.11. The van der Waals surface area contributed by atoms with Gasteiger partial charge in [-0.1, -0.05) is 6.07 Å². The van der Waals surface area contributed by atoms with Gasteiger partial charge in [-0.15, -0.1) is 11.6 Å². The predicted octanol–water partition coefficient (Wildman–Crippen LogP) is 1.85. The Balaban J connectivity index is 3.05. The lowest BCUT2D eigenvalue weighted by atomic mass is 10.00. The van der Waals surface area contributed by atoms with Gasteiger partial charge in [-0.2, -0.15) is 5.26 Å². The zero-order valence-electron chi connectivity index (χ0n) is 9.06. The number of rotatable bonds is 5. The van der Waals surface area contributed by atoms with Crippen molar-refractivity contribution in [2.45, 2.75) is 18.9 Å². The van der Waals surface area contributed by atoms with Gasteiger partial charge < -0.3 is 10.2 Å². The van der Waals surface area contributed by atoms with E-state index >= 15 is 0 Å². The van der Waals surface area contributed by atoms with E-state index in [1.807, 2.05) is 6.07 Å². The smallest absolute Gasteiger partial charge is 0.337 e. The molecule has 17 heavy (non-hydrogen) atoms. The minimum absolute atomic E-state index is 0.223. The van der Waals surface area contributed by atoms with Crippen molar-refractivity contribution in [3.05, 3.63) is 34.9 Å². The summed E-state index contributed by atoms with van der Waals surface area (Å²) >= 11 is 5.57.